The second-order valence-corrected chi connectivity index (χ2v) is 12.2. The number of primary amides is 1. The lowest BCUT2D eigenvalue weighted by Gasteiger charge is -2.41. The minimum Gasteiger partial charge on any atom is -0.379 e. The van der Waals surface area contributed by atoms with Gasteiger partial charge in [0.05, 0.1) is 52.5 Å². The van der Waals surface area contributed by atoms with E-state index in [2.05, 4.69) is 26.9 Å². The average Bonchev–Trinajstić information content (AvgIpc) is 3.27. The smallest absolute Gasteiger partial charge is 0.250 e. The van der Waals surface area contributed by atoms with Gasteiger partial charge in [-0.05, 0) is 29.8 Å². The summed E-state index contributed by atoms with van der Waals surface area (Å²) in [6, 6.07) is 16.1. The van der Waals surface area contributed by atoms with Crippen LogP contribution in [0.15, 0.2) is 48.5 Å². The number of hydrogen-bond donors (Lipinski definition) is 4. The SMILES string of the molecule is NC(=O)c1cc(-c2ccc(CN3CCOCC3)cc2)nc2c1[nH]c1cc(N3CCS(O)(O)CC3)ccc12. The number of H-pyrrole nitrogens is 1. The van der Waals surface area contributed by atoms with Crippen LogP contribution in [0.1, 0.15) is 15.9 Å². The van der Waals surface area contributed by atoms with Gasteiger partial charge in [0.15, 0.2) is 0 Å². The number of fused-ring (bicyclic) bond motifs is 3. The van der Waals surface area contributed by atoms with Crippen molar-refractivity contribution in [2.24, 2.45) is 5.73 Å². The molecule has 5 N–H and O–H groups in total. The number of anilines is 1. The third-order valence-corrected chi connectivity index (χ3v) is 8.98. The molecule has 194 valence electrons. The second kappa shape index (κ2) is 9.62. The molecule has 37 heavy (non-hydrogen) atoms. The van der Waals surface area contributed by atoms with Crippen LogP contribution in [0.2, 0.25) is 0 Å². The van der Waals surface area contributed by atoms with Gasteiger partial charge in [-0.25, -0.2) is 4.98 Å². The molecule has 2 aromatic carbocycles. The number of benzene rings is 2. The molecule has 2 aliphatic rings. The van der Waals surface area contributed by atoms with E-state index in [1.54, 1.807) is 6.07 Å². The van der Waals surface area contributed by atoms with Crippen LogP contribution in [0, 0.1) is 0 Å². The van der Waals surface area contributed by atoms with Crippen LogP contribution in [-0.4, -0.2) is 80.8 Å². The minimum absolute atomic E-state index is 0.375. The topological polar surface area (TPSA) is 128 Å². The Kier molecular flexibility index (Phi) is 6.29. The van der Waals surface area contributed by atoms with Gasteiger partial charge < -0.3 is 20.4 Å². The lowest BCUT2D eigenvalue weighted by molar-refractivity contribution is 0.0342. The number of nitrogens with zero attached hydrogens (tertiary/aromatic N) is 3. The monoisotopic (exact) mass is 521 g/mol. The predicted octanol–water partition coefficient (Wildman–Crippen LogP) is 3.88. The third kappa shape index (κ3) is 4.90. The van der Waals surface area contributed by atoms with E-state index in [1.807, 2.05) is 30.3 Å². The van der Waals surface area contributed by atoms with E-state index < -0.39 is 16.5 Å². The maximum atomic E-state index is 12.4. The van der Waals surface area contributed by atoms with Gasteiger partial charge >= 0.3 is 0 Å². The zero-order valence-corrected chi connectivity index (χ0v) is 21.3. The van der Waals surface area contributed by atoms with Gasteiger partial charge in [0, 0.05) is 49.4 Å². The molecule has 2 aromatic heterocycles. The molecule has 0 unspecified atom stereocenters. The predicted molar refractivity (Wildman–Crippen MR) is 148 cm³/mol. The van der Waals surface area contributed by atoms with Crippen molar-refractivity contribution in [3.63, 3.8) is 0 Å². The summed E-state index contributed by atoms with van der Waals surface area (Å²) in [4.78, 5) is 25.3. The lowest BCUT2D eigenvalue weighted by atomic mass is 10.0. The highest BCUT2D eigenvalue weighted by Crippen LogP contribution is 2.41. The second-order valence-electron chi connectivity index (χ2n) is 9.78. The summed E-state index contributed by atoms with van der Waals surface area (Å²) >= 11 is 0. The molecule has 4 aromatic rings. The first-order chi connectivity index (χ1) is 17.9. The normalized spacial score (nSPS) is 19.4. The molecule has 2 saturated heterocycles. The van der Waals surface area contributed by atoms with Crippen molar-refractivity contribution < 1.29 is 18.6 Å². The zero-order valence-electron chi connectivity index (χ0n) is 20.5. The molecule has 0 bridgehead atoms. The van der Waals surface area contributed by atoms with Gasteiger partial charge in [-0.1, -0.05) is 24.3 Å². The van der Waals surface area contributed by atoms with Gasteiger partial charge in [-0.15, -0.1) is 0 Å². The molecule has 1 amide bonds. The van der Waals surface area contributed by atoms with Crippen LogP contribution in [0.5, 0.6) is 0 Å². The number of nitrogens with two attached hydrogens (primary N) is 1. The molecule has 0 aliphatic carbocycles. The molecular formula is C27H31N5O4S. The van der Waals surface area contributed by atoms with Gasteiger partial charge in [-0.3, -0.25) is 18.8 Å². The van der Waals surface area contributed by atoms with Crippen molar-refractivity contribution in [1.29, 1.82) is 0 Å². The number of aromatic nitrogens is 2. The van der Waals surface area contributed by atoms with Crippen molar-refractivity contribution >= 4 is 44.1 Å². The fourth-order valence-corrected chi connectivity index (χ4v) is 6.40. The Morgan fingerprint density at radius 2 is 1.76 bits per heavy atom. The highest BCUT2D eigenvalue weighted by atomic mass is 32.3. The lowest BCUT2D eigenvalue weighted by Crippen LogP contribution is -2.38. The molecule has 0 radical (unpaired) electrons. The summed E-state index contributed by atoms with van der Waals surface area (Å²) in [5.41, 5.74) is 12.2. The Hall–Kier alpha value is -3.15. The Morgan fingerprint density at radius 1 is 1.03 bits per heavy atom. The van der Waals surface area contributed by atoms with E-state index >= 15 is 0 Å². The molecule has 10 heteroatoms. The van der Waals surface area contributed by atoms with Crippen LogP contribution < -0.4 is 10.6 Å². The van der Waals surface area contributed by atoms with Crippen LogP contribution in [-0.2, 0) is 11.3 Å². The first kappa shape index (κ1) is 24.2. The number of nitrogens with one attached hydrogen (secondary N) is 1. The number of amides is 1. The number of rotatable bonds is 5. The molecule has 2 aliphatic heterocycles. The molecule has 2 fully saturated rings. The fraction of sp³-hybridized carbons (Fsp3) is 0.333. The van der Waals surface area contributed by atoms with Gasteiger partial charge in [0.2, 0.25) is 0 Å². The quantitative estimate of drug-likeness (QED) is 0.314. The van der Waals surface area contributed by atoms with Gasteiger partial charge in [0.1, 0.15) is 0 Å². The molecule has 0 saturated carbocycles. The van der Waals surface area contributed by atoms with E-state index in [0.29, 0.717) is 46.9 Å². The number of morpholine rings is 1. The largest absolute Gasteiger partial charge is 0.379 e. The Balaban J connectivity index is 1.33. The summed E-state index contributed by atoms with van der Waals surface area (Å²) in [7, 11) is -2.46. The number of carbonyl (C=O) groups is 1. The fourth-order valence-electron chi connectivity index (χ4n) is 5.17. The summed E-state index contributed by atoms with van der Waals surface area (Å²) in [5, 5.41) is 0.910. The summed E-state index contributed by atoms with van der Waals surface area (Å²) < 4.78 is 25.3. The minimum atomic E-state index is -2.46. The van der Waals surface area contributed by atoms with Crippen molar-refractivity contribution in [3.05, 3.63) is 59.7 Å². The molecule has 6 rings (SSSR count). The highest BCUT2D eigenvalue weighted by Gasteiger charge is 2.23. The summed E-state index contributed by atoms with van der Waals surface area (Å²) in [6.45, 7) is 5.47. The number of pyridine rings is 1. The Labute approximate surface area is 216 Å². The molecule has 0 spiro atoms. The van der Waals surface area contributed by atoms with Gasteiger partial charge in [-0.2, -0.15) is 10.6 Å². The number of aromatic amines is 1. The Morgan fingerprint density at radius 3 is 2.46 bits per heavy atom. The average molecular weight is 522 g/mol. The zero-order chi connectivity index (χ0) is 25.6. The van der Waals surface area contributed by atoms with Crippen LogP contribution in [0.4, 0.5) is 5.69 Å². The maximum absolute atomic E-state index is 12.4. The van der Waals surface area contributed by atoms with Crippen LogP contribution in [0.25, 0.3) is 33.2 Å². The van der Waals surface area contributed by atoms with E-state index in [4.69, 9.17) is 15.5 Å². The van der Waals surface area contributed by atoms with Gasteiger partial charge in [0.25, 0.3) is 5.91 Å². The first-order valence-electron chi connectivity index (χ1n) is 12.5. The number of ether oxygens (including phenoxy) is 1. The van der Waals surface area contributed by atoms with Crippen molar-refractivity contribution in [3.8, 4) is 11.3 Å². The first-order valence-corrected chi connectivity index (χ1v) is 14.4. The highest BCUT2D eigenvalue weighted by molar-refractivity contribution is 8.24. The van der Waals surface area contributed by atoms with E-state index in [1.165, 1.54) is 5.56 Å². The summed E-state index contributed by atoms with van der Waals surface area (Å²) in [6.07, 6.45) is 0. The molecule has 4 heterocycles. The third-order valence-electron chi connectivity index (χ3n) is 7.30. The standard InChI is InChI=1S/C27H31N5O4S/c28-27(33)22-16-23(19-3-1-18(2-4-19)17-31-7-11-36-12-8-31)29-25-21-6-5-20(15-24(21)30-26(22)25)32-9-13-37(34,35)14-10-32/h1-6,15-16,30,34-35H,7-14,17H2,(H2,28,33). The summed E-state index contributed by atoms with van der Waals surface area (Å²) in [5.74, 6) is 0.241. The van der Waals surface area contributed by atoms with Crippen LogP contribution >= 0.6 is 10.6 Å². The Bertz CT molecular complexity index is 1450. The van der Waals surface area contributed by atoms with Crippen molar-refractivity contribution in [2.75, 3.05) is 55.8 Å². The molecular weight excluding hydrogens is 490 g/mol. The molecule has 9 nitrogen and oxygen atoms in total. The number of carbonyl (C=O) groups excluding carboxylic acids is 1. The van der Waals surface area contributed by atoms with Crippen molar-refractivity contribution in [2.45, 2.75) is 6.54 Å². The van der Waals surface area contributed by atoms with Crippen molar-refractivity contribution in [1.82, 2.24) is 14.9 Å². The number of hydrogen-bond acceptors (Lipinski definition) is 7. The van der Waals surface area contributed by atoms with E-state index in [0.717, 1.165) is 55.0 Å². The van der Waals surface area contributed by atoms with E-state index in [-0.39, 0.29) is 0 Å². The van der Waals surface area contributed by atoms with Crippen LogP contribution in [0.3, 0.4) is 0 Å². The maximum Gasteiger partial charge on any atom is 0.250 e. The molecule has 0 atom stereocenters. The van der Waals surface area contributed by atoms with E-state index in [9.17, 15) is 13.9 Å².